The average molecular weight is 339 g/mol. The first-order chi connectivity index (χ1) is 10.8. The van der Waals surface area contributed by atoms with Crippen molar-refractivity contribution in [2.24, 2.45) is 0 Å². The van der Waals surface area contributed by atoms with Gasteiger partial charge in [0.2, 0.25) is 0 Å². The van der Waals surface area contributed by atoms with E-state index in [1.54, 1.807) is 7.11 Å². The second-order valence-electron chi connectivity index (χ2n) is 5.85. The molecule has 7 heteroatoms. The Bertz CT molecular complexity index is 530. The lowest BCUT2D eigenvalue weighted by molar-refractivity contribution is 0.0529. The molecule has 0 radical (unpaired) electrons. The van der Waals surface area contributed by atoms with Gasteiger partial charge in [0.25, 0.3) is 0 Å². The molecule has 0 spiro atoms. The van der Waals surface area contributed by atoms with Crippen LogP contribution in [0.1, 0.15) is 26.3 Å². The summed E-state index contributed by atoms with van der Waals surface area (Å²) in [6.07, 6.45) is -0.438. The Balaban J connectivity index is 2.21. The van der Waals surface area contributed by atoms with E-state index in [1.165, 1.54) is 0 Å². The molecule has 0 fully saturated rings. The molecule has 1 aromatic rings. The van der Waals surface area contributed by atoms with E-state index in [2.05, 4.69) is 16.0 Å². The van der Waals surface area contributed by atoms with Crippen LogP contribution in [0.2, 0.25) is 0 Å². The van der Waals surface area contributed by atoms with E-state index < -0.39 is 11.7 Å². The molecule has 0 heterocycles. The van der Waals surface area contributed by atoms with Crippen LogP contribution in [0, 0.1) is 0 Å². The van der Waals surface area contributed by atoms with Crippen LogP contribution in [0.4, 0.5) is 4.79 Å². The van der Waals surface area contributed by atoms with Crippen molar-refractivity contribution in [3.63, 3.8) is 0 Å². The second-order valence-corrected chi connectivity index (χ2v) is 6.26. The highest BCUT2D eigenvalue weighted by molar-refractivity contribution is 7.80. The molecule has 0 aliphatic rings. The van der Waals surface area contributed by atoms with Crippen molar-refractivity contribution in [3.8, 4) is 5.75 Å². The lowest BCUT2D eigenvalue weighted by Gasteiger charge is -2.19. The summed E-state index contributed by atoms with van der Waals surface area (Å²) in [7, 11) is 1.64. The average Bonchev–Trinajstić information content (AvgIpc) is 2.48. The predicted octanol–water partition coefficient (Wildman–Crippen LogP) is 2.18. The molecule has 0 aliphatic carbocycles. The fourth-order valence-corrected chi connectivity index (χ4v) is 1.92. The fourth-order valence-electron chi connectivity index (χ4n) is 1.74. The van der Waals surface area contributed by atoms with Gasteiger partial charge in [0.05, 0.1) is 7.11 Å². The van der Waals surface area contributed by atoms with Gasteiger partial charge in [-0.2, -0.15) is 0 Å². The molecule has 23 heavy (non-hydrogen) atoms. The van der Waals surface area contributed by atoms with Gasteiger partial charge in [0, 0.05) is 25.2 Å². The Hall–Kier alpha value is -2.02. The zero-order valence-corrected chi connectivity index (χ0v) is 14.9. The highest BCUT2D eigenvalue weighted by Crippen LogP contribution is 2.16. The number of nitrogens with one attached hydrogen (secondary N) is 3. The summed E-state index contributed by atoms with van der Waals surface area (Å²) in [4.78, 5) is 11.5. The predicted molar refractivity (Wildman–Crippen MR) is 94.7 cm³/mol. The standard InChI is InChI=1S/C16H25N3O3S/c1-16(2,3)22-15(20)18-10-9-17-14(23)19-11-12-7-5-6-8-13(12)21-4/h5-8H,9-11H2,1-4H3,(H,18,20)(H2,17,19,23). The van der Waals surface area contributed by atoms with Crippen LogP contribution < -0.4 is 20.7 Å². The number of thiocarbonyl (C=S) groups is 1. The third-order valence-electron chi connectivity index (χ3n) is 2.71. The first-order valence-electron chi connectivity index (χ1n) is 7.42. The fraction of sp³-hybridized carbons (Fsp3) is 0.500. The van der Waals surface area contributed by atoms with E-state index in [-0.39, 0.29) is 0 Å². The summed E-state index contributed by atoms with van der Waals surface area (Å²) >= 11 is 5.19. The third-order valence-corrected chi connectivity index (χ3v) is 3.00. The molecule has 1 rings (SSSR count). The van der Waals surface area contributed by atoms with E-state index in [0.717, 1.165) is 11.3 Å². The summed E-state index contributed by atoms with van der Waals surface area (Å²) in [5.41, 5.74) is 0.523. The molecule has 0 saturated heterocycles. The van der Waals surface area contributed by atoms with Gasteiger partial charge >= 0.3 is 6.09 Å². The molecule has 0 saturated carbocycles. The number of amides is 1. The van der Waals surface area contributed by atoms with Crippen molar-refractivity contribution in [1.29, 1.82) is 0 Å². The minimum absolute atomic E-state index is 0.422. The molecule has 0 unspecified atom stereocenters. The van der Waals surface area contributed by atoms with Crippen molar-refractivity contribution >= 4 is 23.4 Å². The number of ether oxygens (including phenoxy) is 2. The smallest absolute Gasteiger partial charge is 0.407 e. The highest BCUT2D eigenvalue weighted by Gasteiger charge is 2.15. The van der Waals surface area contributed by atoms with Crippen LogP contribution in [0.15, 0.2) is 24.3 Å². The summed E-state index contributed by atoms with van der Waals surface area (Å²) in [5, 5.41) is 9.29. The monoisotopic (exact) mass is 339 g/mol. The summed E-state index contributed by atoms with van der Waals surface area (Å²) in [5.74, 6) is 0.814. The van der Waals surface area contributed by atoms with Gasteiger partial charge in [-0.1, -0.05) is 18.2 Å². The second kappa shape index (κ2) is 9.19. The summed E-state index contributed by atoms with van der Waals surface area (Å²) < 4.78 is 10.4. The van der Waals surface area contributed by atoms with Crippen LogP contribution in [-0.2, 0) is 11.3 Å². The van der Waals surface area contributed by atoms with Crippen LogP contribution in [0.25, 0.3) is 0 Å². The largest absolute Gasteiger partial charge is 0.496 e. The lowest BCUT2D eigenvalue weighted by Crippen LogP contribution is -2.41. The Kier molecular flexibility index (Phi) is 7.61. The van der Waals surface area contributed by atoms with Gasteiger partial charge in [0.1, 0.15) is 11.4 Å². The maximum absolute atomic E-state index is 11.5. The molecular formula is C16H25N3O3S. The van der Waals surface area contributed by atoms with Crippen LogP contribution in [0.5, 0.6) is 5.75 Å². The van der Waals surface area contributed by atoms with Gasteiger partial charge in [-0.15, -0.1) is 0 Å². The van der Waals surface area contributed by atoms with Gasteiger partial charge < -0.3 is 25.4 Å². The van der Waals surface area contributed by atoms with Gasteiger partial charge in [-0.3, -0.25) is 0 Å². The van der Waals surface area contributed by atoms with E-state index in [4.69, 9.17) is 21.7 Å². The van der Waals surface area contributed by atoms with Crippen LogP contribution in [-0.4, -0.2) is 37.0 Å². The SMILES string of the molecule is COc1ccccc1CNC(=S)NCCNC(=O)OC(C)(C)C. The van der Waals surface area contributed by atoms with Gasteiger partial charge in [0.15, 0.2) is 5.11 Å². The van der Waals surface area contributed by atoms with Crippen molar-refractivity contribution < 1.29 is 14.3 Å². The number of hydrogen-bond donors (Lipinski definition) is 3. The van der Waals surface area contributed by atoms with E-state index in [0.29, 0.717) is 24.7 Å². The quantitative estimate of drug-likeness (QED) is 0.545. The molecule has 6 nitrogen and oxygen atoms in total. The van der Waals surface area contributed by atoms with E-state index >= 15 is 0 Å². The number of para-hydroxylation sites is 1. The number of rotatable bonds is 6. The molecule has 128 valence electrons. The van der Waals surface area contributed by atoms with Crippen LogP contribution >= 0.6 is 12.2 Å². The molecule has 0 aromatic heterocycles. The van der Waals surface area contributed by atoms with Crippen LogP contribution in [0.3, 0.4) is 0 Å². The molecule has 0 bridgehead atoms. The molecular weight excluding hydrogens is 314 g/mol. The Labute approximate surface area is 142 Å². The first kappa shape index (κ1) is 19.0. The molecule has 1 amide bonds. The number of carbonyl (C=O) groups is 1. The lowest BCUT2D eigenvalue weighted by atomic mass is 10.2. The Morgan fingerprint density at radius 3 is 2.43 bits per heavy atom. The first-order valence-corrected chi connectivity index (χ1v) is 7.83. The molecule has 3 N–H and O–H groups in total. The topological polar surface area (TPSA) is 71.6 Å². The number of alkyl carbamates (subject to hydrolysis) is 1. The van der Waals surface area contributed by atoms with E-state index in [9.17, 15) is 4.79 Å². The van der Waals surface area contributed by atoms with Gasteiger partial charge in [-0.25, -0.2) is 4.79 Å². The zero-order chi connectivity index (χ0) is 17.3. The molecule has 0 aliphatic heterocycles. The van der Waals surface area contributed by atoms with Crippen molar-refractivity contribution in [2.75, 3.05) is 20.2 Å². The minimum Gasteiger partial charge on any atom is -0.496 e. The normalized spacial score (nSPS) is 10.6. The maximum atomic E-state index is 11.5. The van der Waals surface area contributed by atoms with Crippen molar-refractivity contribution in [1.82, 2.24) is 16.0 Å². The van der Waals surface area contributed by atoms with Gasteiger partial charge in [-0.05, 0) is 39.1 Å². The molecule has 0 atom stereocenters. The van der Waals surface area contributed by atoms with Crippen molar-refractivity contribution in [2.45, 2.75) is 32.9 Å². The summed E-state index contributed by atoms with van der Waals surface area (Å²) in [6, 6.07) is 7.73. The highest BCUT2D eigenvalue weighted by atomic mass is 32.1. The Morgan fingerprint density at radius 2 is 1.78 bits per heavy atom. The number of carbonyl (C=O) groups excluding carboxylic acids is 1. The van der Waals surface area contributed by atoms with Crippen molar-refractivity contribution in [3.05, 3.63) is 29.8 Å². The minimum atomic E-state index is -0.497. The van der Waals surface area contributed by atoms with E-state index in [1.807, 2.05) is 45.0 Å². The number of hydrogen-bond acceptors (Lipinski definition) is 4. The zero-order valence-electron chi connectivity index (χ0n) is 14.1. The number of benzene rings is 1. The Morgan fingerprint density at radius 1 is 1.13 bits per heavy atom. The molecule has 1 aromatic carbocycles. The third kappa shape index (κ3) is 8.25. The maximum Gasteiger partial charge on any atom is 0.407 e. The number of methoxy groups -OCH3 is 1. The summed E-state index contributed by atoms with van der Waals surface area (Å²) in [6.45, 7) is 6.96.